The van der Waals surface area contributed by atoms with Crippen molar-refractivity contribution in [3.05, 3.63) is 28.6 Å². The maximum atomic E-state index is 10.9. The summed E-state index contributed by atoms with van der Waals surface area (Å²) in [6.07, 6.45) is 2.76. The van der Waals surface area contributed by atoms with Crippen LogP contribution in [-0.2, 0) is 0 Å². The summed E-state index contributed by atoms with van der Waals surface area (Å²) in [4.78, 5) is 13.9. The fourth-order valence-electron chi connectivity index (χ4n) is 1.04. The number of aromatic amines is 1. The SMILES string of the molecule is CC(C)CCNc1cc(=O)cc[nH]1. The lowest BCUT2D eigenvalue weighted by atomic mass is 10.1. The van der Waals surface area contributed by atoms with E-state index in [0.29, 0.717) is 5.92 Å². The third-order valence-corrected chi connectivity index (χ3v) is 1.81. The van der Waals surface area contributed by atoms with Gasteiger partial charge in [0.05, 0.1) is 0 Å². The van der Waals surface area contributed by atoms with Gasteiger partial charge in [0.15, 0.2) is 5.43 Å². The first-order valence-electron chi connectivity index (χ1n) is 4.61. The number of anilines is 1. The molecule has 0 amide bonds. The molecule has 1 rings (SSSR count). The zero-order chi connectivity index (χ0) is 9.68. The standard InChI is InChI=1S/C10H16N2O/c1-8(2)3-5-11-10-7-9(13)4-6-12-10/h4,6-8H,3,5H2,1-2H3,(H2,11,12,13). The van der Waals surface area contributed by atoms with Crippen molar-refractivity contribution in [1.82, 2.24) is 4.98 Å². The molecule has 0 unspecified atom stereocenters. The fraction of sp³-hybridized carbons (Fsp3) is 0.500. The summed E-state index contributed by atoms with van der Waals surface area (Å²) in [6, 6.07) is 3.08. The number of aromatic nitrogens is 1. The van der Waals surface area contributed by atoms with E-state index in [9.17, 15) is 4.79 Å². The van der Waals surface area contributed by atoms with Gasteiger partial charge in [-0.1, -0.05) is 13.8 Å². The molecule has 0 atom stereocenters. The number of H-pyrrole nitrogens is 1. The van der Waals surface area contributed by atoms with Crippen LogP contribution in [0.3, 0.4) is 0 Å². The highest BCUT2D eigenvalue weighted by Gasteiger charge is 1.94. The van der Waals surface area contributed by atoms with Gasteiger partial charge in [-0.15, -0.1) is 0 Å². The molecule has 0 saturated carbocycles. The molecule has 3 heteroatoms. The molecule has 1 aromatic heterocycles. The molecule has 0 saturated heterocycles. The summed E-state index contributed by atoms with van der Waals surface area (Å²) in [5, 5.41) is 3.16. The van der Waals surface area contributed by atoms with Crippen LogP contribution in [0.5, 0.6) is 0 Å². The van der Waals surface area contributed by atoms with Gasteiger partial charge < -0.3 is 10.3 Å². The molecule has 72 valence electrons. The van der Waals surface area contributed by atoms with Crippen molar-refractivity contribution >= 4 is 5.82 Å². The minimum absolute atomic E-state index is 0.0331. The summed E-state index contributed by atoms with van der Waals surface area (Å²) in [6.45, 7) is 5.25. The van der Waals surface area contributed by atoms with Crippen LogP contribution in [0.2, 0.25) is 0 Å². The molecule has 0 aliphatic heterocycles. The number of nitrogens with one attached hydrogen (secondary N) is 2. The lowest BCUT2D eigenvalue weighted by molar-refractivity contribution is 0.606. The third-order valence-electron chi connectivity index (χ3n) is 1.81. The van der Waals surface area contributed by atoms with E-state index in [-0.39, 0.29) is 5.43 Å². The summed E-state index contributed by atoms with van der Waals surface area (Å²) in [7, 11) is 0. The fourth-order valence-corrected chi connectivity index (χ4v) is 1.04. The van der Waals surface area contributed by atoms with Gasteiger partial charge in [-0.3, -0.25) is 4.79 Å². The van der Waals surface area contributed by atoms with Crippen molar-refractivity contribution in [3.63, 3.8) is 0 Å². The van der Waals surface area contributed by atoms with Gasteiger partial charge in [0.1, 0.15) is 5.82 Å². The molecule has 0 aromatic carbocycles. The van der Waals surface area contributed by atoms with Crippen molar-refractivity contribution in [2.24, 2.45) is 5.92 Å². The van der Waals surface area contributed by atoms with E-state index < -0.39 is 0 Å². The predicted molar refractivity (Wildman–Crippen MR) is 55.0 cm³/mol. The van der Waals surface area contributed by atoms with Crippen LogP contribution in [0.25, 0.3) is 0 Å². The third kappa shape index (κ3) is 3.78. The minimum Gasteiger partial charge on any atom is -0.372 e. The van der Waals surface area contributed by atoms with E-state index in [0.717, 1.165) is 18.8 Å². The Labute approximate surface area is 78.2 Å². The minimum atomic E-state index is 0.0331. The van der Waals surface area contributed by atoms with Crippen molar-refractivity contribution in [2.75, 3.05) is 11.9 Å². The van der Waals surface area contributed by atoms with Gasteiger partial charge in [0.2, 0.25) is 0 Å². The zero-order valence-electron chi connectivity index (χ0n) is 8.13. The second-order valence-corrected chi connectivity index (χ2v) is 3.55. The number of rotatable bonds is 4. The molecule has 0 spiro atoms. The first-order chi connectivity index (χ1) is 6.18. The number of pyridine rings is 1. The molecule has 0 fully saturated rings. The first-order valence-corrected chi connectivity index (χ1v) is 4.61. The van der Waals surface area contributed by atoms with Gasteiger partial charge in [-0.2, -0.15) is 0 Å². The Bertz CT molecular complexity index is 304. The molecular weight excluding hydrogens is 164 g/mol. The van der Waals surface area contributed by atoms with Crippen LogP contribution in [0.15, 0.2) is 23.1 Å². The summed E-state index contributed by atoms with van der Waals surface area (Å²) >= 11 is 0. The van der Waals surface area contributed by atoms with E-state index in [4.69, 9.17) is 0 Å². The Morgan fingerprint density at radius 3 is 2.92 bits per heavy atom. The van der Waals surface area contributed by atoms with E-state index in [1.54, 1.807) is 12.3 Å². The Morgan fingerprint density at radius 1 is 1.54 bits per heavy atom. The van der Waals surface area contributed by atoms with Crippen molar-refractivity contribution < 1.29 is 0 Å². The second kappa shape index (κ2) is 4.70. The number of hydrogen-bond acceptors (Lipinski definition) is 2. The molecule has 1 heterocycles. The quantitative estimate of drug-likeness (QED) is 0.742. The Hall–Kier alpha value is -1.25. The molecule has 13 heavy (non-hydrogen) atoms. The molecule has 0 bridgehead atoms. The van der Waals surface area contributed by atoms with Crippen LogP contribution < -0.4 is 10.7 Å². The van der Waals surface area contributed by atoms with Crippen LogP contribution in [0.4, 0.5) is 5.82 Å². The highest BCUT2D eigenvalue weighted by molar-refractivity contribution is 5.32. The normalized spacial score (nSPS) is 10.4. The zero-order valence-corrected chi connectivity index (χ0v) is 8.13. The van der Waals surface area contributed by atoms with Crippen molar-refractivity contribution in [2.45, 2.75) is 20.3 Å². The lowest BCUT2D eigenvalue weighted by Crippen LogP contribution is -2.08. The van der Waals surface area contributed by atoms with Crippen LogP contribution >= 0.6 is 0 Å². The number of hydrogen-bond donors (Lipinski definition) is 2. The van der Waals surface area contributed by atoms with Crippen molar-refractivity contribution in [1.29, 1.82) is 0 Å². The van der Waals surface area contributed by atoms with Gasteiger partial charge in [-0.25, -0.2) is 0 Å². The predicted octanol–water partition coefficient (Wildman–Crippen LogP) is 1.83. The smallest absolute Gasteiger partial charge is 0.183 e. The first kappa shape index (κ1) is 9.84. The average molecular weight is 180 g/mol. The van der Waals surface area contributed by atoms with Crippen LogP contribution in [-0.4, -0.2) is 11.5 Å². The van der Waals surface area contributed by atoms with Gasteiger partial charge in [0, 0.05) is 24.9 Å². The summed E-state index contributed by atoms with van der Waals surface area (Å²) < 4.78 is 0. The Morgan fingerprint density at radius 2 is 2.31 bits per heavy atom. The van der Waals surface area contributed by atoms with E-state index in [1.807, 2.05) is 0 Å². The maximum absolute atomic E-state index is 10.9. The van der Waals surface area contributed by atoms with E-state index in [2.05, 4.69) is 24.1 Å². The molecule has 1 aromatic rings. The van der Waals surface area contributed by atoms with Gasteiger partial charge in [-0.05, 0) is 12.3 Å². The maximum Gasteiger partial charge on any atom is 0.183 e. The van der Waals surface area contributed by atoms with Gasteiger partial charge >= 0.3 is 0 Å². The molecule has 0 radical (unpaired) electrons. The average Bonchev–Trinajstić information content (AvgIpc) is 2.03. The largest absolute Gasteiger partial charge is 0.372 e. The molecule has 0 aliphatic carbocycles. The van der Waals surface area contributed by atoms with Crippen LogP contribution in [0, 0.1) is 5.92 Å². The molecule has 2 N–H and O–H groups in total. The monoisotopic (exact) mass is 180 g/mol. The van der Waals surface area contributed by atoms with Crippen molar-refractivity contribution in [3.8, 4) is 0 Å². The van der Waals surface area contributed by atoms with Crippen LogP contribution in [0.1, 0.15) is 20.3 Å². The molecular formula is C10H16N2O. The molecule has 3 nitrogen and oxygen atoms in total. The Balaban J connectivity index is 2.41. The topological polar surface area (TPSA) is 44.9 Å². The second-order valence-electron chi connectivity index (χ2n) is 3.55. The Kier molecular flexibility index (Phi) is 3.55. The van der Waals surface area contributed by atoms with E-state index in [1.165, 1.54) is 6.07 Å². The highest BCUT2D eigenvalue weighted by Crippen LogP contribution is 2.01. The van der Waals surface area contributed by atoms with Gasteiger partial charge in [0.25, 0.3) is 0 Å². The summed E-state index contributed by atoms with van der Waals surface area (Å²) in [5.41, 5.74) is 0.0331. The lowest BCUT2D eigenvalue weighted by Gasteiger charge is -2.07. The highest BCUT2D eigenvalue weighted by atomic mass is 16.1. The van der Waals surface area contributed by atoms with E-state index >= 15 is 0 Å². The molecule has 0 aliphatic rings. The summed E-state index contributed by atoms with van der Waals surface area (Å²) in [5.74, 6) is 1.48.